The van der Waals surface area contributed by atoms with Crippen LogP contribution in [0.2, 0.25) is 0 Å². The lowest BCUT2D eigenvalue weighted by atomic mass is 10.0. The summed E-state index contributed by atoms with van der Waals surface area (Å²) in [4.78, 5) is 0.352. The third-order valence-electron chi connectivity index (χ3n) is 3.40. The molecule has 106 valence electrons. The van der Waals surface area contributed by atoms with Gasteiger partial charge in [-0.15, -0.1) is 0 Å². The van der Waals surface area contributed by atoms with Gasteiger partial charge in [-0.2, -0.15) is 0 Å². The van der Waals surface area contributed by atoms with Crippen LogP contribution in [-0.4, -0.2) is 28.1 Å². The van der Waals surface area contributed by atoms with Crippen LogP contribution in [0.3, 0.4) is 0 Å². The Morgan fingerprint density at radius 2 is 2.26 bits per heavy atom. The Morgan fingerprint density at radius 1 is 1.47 bits per heavy atom. The maximum atomic E-state index is 12.3. The molecule has 2 rings (SSSR count). The van der Waals surface area contributed by atoms with Crippen molar-refractivity contribution in [2.24, 2.45) is 5.92 Å². The zero-order valence-electron chi connectivity index (χ0n) is 10.9. The second-order valence-corrected chi connectivity index (χ2v) is 7.63. The molecule has 0 aromatic heterocycles. The molecule has 0 radical (unpaired) electrons. The summed E-state index contributed by atoms with van der Waals surface area (Å²) in [5.41, 5.74) is 0.762. The number of rotatable bonds is 4. The van der Waals surface area contributed by atoms with Crippen LogP contribution >= 0.6 is 15.9 Å². The molecule has 0 saturated carbocycles. The van der Waals surface area contributed by atoms with Gasteiger partial charge >= 0.3 is 0 Å². The van der Waals surface area contributed by atoms with E-state index < -0.39 is 10.0 Å². The number of sulfonamides is 1. The molecule has 0 spiro atoms. The Labute approximate surface area is 123 Å². The van der Waals surface area contributed by atoms with E-state index in [2.05, 4.69) is 26.0 Å². The average molecular weight is 347 g/mol. The van der Waals surface area contributed by atoms with Crippen molar-refractivity contribution >= 4 is 26.0 Å². The molecule has 6 heteroatoms. The highest BCUT2D eigenvalue weighted by Gasteiger charge is 2.20. The van der Waals surface area contributed by atoms with Crippen molar-refractivity contribution in [2.75, 3.05) is 19.6 Å². The minimum atomic E-state index is -3.42. The lowest BCUT2D eigenvalue weighted by Gasteiger charge is -2.23. The molecule has 1 unspecified atom stereocenters. The van der Waals surface area contributed by atoms with Gasteiger partial charge in [-0.05, 0) is 56.5 Å². The van der Waals surface area contributed by atoms with Crippen molar-refractivity contribution in [1.82, 2.24) is 10.0 Å². The molecule has 0 aliphatic carbocycles. The van der Waals surface area contributed by atoms with E-state index in [-0.39, 0.29) is 0 Å². The minimum Gasteiger partial charge on any atom is -0.316 e. The second-order valence-electron chi connectivity index (χ2n) is 4.97. The van der Waals surface area contributed by atoms with Crippen LogP contribution in [0.15, 0.2) is 27.6 Å². The topological polar surface area (TPSA) is 58.2 Å². The van der Waals surface area contributed by atoms with Gasteiger partial charge in [0.25, 0.3) is 0 Å². The van der Waals surface area contributed by atoms with Crippen LogP contribution in [-0.2, 0) is 10.0 Å². The van der Waals surface area contributed by atoms with Crippen LogP contribution in [0.5, 0.6) is 0 Å². The largest absolute Gasteiger partial charge is 0.316 e. The fourth-order valence-electron chi connectivity index (χ4n) is 2.27. The van der Waals surface area contributed by atoms with Gasteiger partial charge in [0.15, 0.2) is 0 Å². The highest BCUT2D eigenvalue weighted by molar-refractivity contribution is 9.10. The number of nitrogens with one attached hydrogen (secondary N) is 2. The molecule has 1 saturated heterocycles. The average Bonchev–Trinajstić information content (AvgIpc) is 2.40. The van der Waals surface area contributed by atoms with Gasteiger partial charge in [0, 0.05) is 11.0 Å². The fraction of sp³-hybridized carbons (Fsp3) is 0.538. The number of aryl methyl sites for hydroxylation is 1. The van der Waals surface area contributed by atoms with Crippen molar-refractivity contribution in [1.29, 1.82) is 0 Å². The lowest BCUT2D eigenvalue weighted by Crippen LogP contribution is -2.38. The fourth-order valence-corrected chi connectivity index (χ4v) is 4.16. The molecule has 1 aromatic carbocycles. The Morgan fingerprint density at radius 3 is 2.95 bits per heavy atom. The van der Waals surface area contributed by atoms with E-state index in [9.17, 15) is 8.42 Å². The van der Waals surface area contributed by atoms with Gasteiger partial charge in [-0.3, -0.25) is 0 Å². The van der Waals surface area contributed by atoms with E-state index in [0.29, 0.717) is 17.4 Å². The Kier molecular flexibility index (Phi) is 5.00. The highest BCUT2D eigenvalue weighted by atomic mass is 79.9. The van der Waals surface area contributed by atoms with E-state index in [1.807, 2.05) is 13.0 Å². The maximum Gasteiger partial charge on any atom is 0.240 e. The number of halogens is 1. The van der Waals surface area contributed by atoms with Gasteiger partial charge < -0.3 is 5.32 Å². The summed E-state index contributed by atoms with van der Waals surface area (Å²) in [5.74, 6) is 0.385. The van der Waals surface area contributed by atoms with E-state index >= 15 is 0 Å². The van der Waals surface area contributed by atoms with Crippen molar-refractivity contribution < 1.29 is 8.42 Å². The molecule has 1 aliphatic heterocycles. The minimum absolute atomic E-state index is 0.352. The van der Waals surface area contributed by atoms with Gasteiger partial charge in [-0.1, -0.05) is 22.0 Å². The van der Waals surface area contributed by atoms with Crippen LogP contribution < -0.4 is 10.0 Å². The molecular formula is C13H19BrN2O2S. The quantitative estimate of drug-likeness (QED) is 0.876. The third-order valence-corrected chi connectivity index (χ3v) is 5.46. The Bertz CT molecular complexity index is 540. The lowest BCUT2D eigenvalue weighted by molar-refractivity contribution is 0.376. The first-order valence-corrected chi connectivity index (χ1v) is 8.73. The normalized spacial score (nSPS) is 20.4. The molecule has 4 nitrogen and oxygen atoms in total. The SMILES string of the molecule is Cc1ccc(Br)cc1S(=O)(=O)NCC1CCCNC1. The molecule has 2 N–H and O–H groups in total. The van der Waals surface area contributed by atoms with Crippen molar-refractivity contribution in [3.8, 4) is 0 Å². The van der Waals surface area contributed by atoms with Crippen LogP contribution in [0.4, 0.5) is 0 Å². The zero-order chi connectivity index (χ0) is 13.9. The molecule has 1 fully saturated rings. The summed E-state index contributed by atoms with van der Waals surface area (Å²) in [6.45, 7) is 4.23. The number of hydrogen-bond donors (Lipinski definition) is 2. The van der Waals surface area contributed by atoms with Gasteiger partial charge in [-0.25, -0.2) is 13.1 Å². The molecule has 0 amide bonds. The first kappa shape index (κ1) is 15.0. The van der Waals surface area contributed by atoms with Gasteiger partial charge in [0.2, 0.25) is 10.0 Å². The number of benzene rings is 1. The van der Waals surface area contributed by atoms with Crippen molar-refractivity contribution in [3.63, 3.8) is 0 Å². The Hall–Kier alpha value is -0.430. The zero-order valence-corrected chi connectivity index (χ0v) is 13.4. The predicted octanol–water partition coefficient (Wildman–Crippen LogP) is 2.04. The summed E-state index contributed by atoms with van der Waals surface area (Å²) in [7, 11) is -3.42. The highest BCUT2D eigenvalue weighted by Crippen LogP contribution is 2.20. The summed E-state index contributed by atoms with van der Waals surface area (Å²) in [6.07, 6.45) is 2.19. The van der Waals surface area contributed by atoms with Gasteiger partial charge in [0.1, 0.15) is 0 Å². The number of piperidine rings is 1. The first-order valence-electron chi connectivity index (χ1n) is 6.45. The van der Waals surface area contributed by atoms with Crippen LogP contribution in [0.1, 0.15) is 18.4 Å². The summed E-state index contributed by atoms with van der Waals surface area (Å²) in [5, 5.41) is 3.29. The standard InChI is InChI=1S/C13H19BrN2O2S/c1-10-4-5-12(14)7-13(10)19(17,18)16-9-11-3-2-6-15-8-11/h4-5,7,11,15-16H,2-3,6,8-9H2,1H3. The van der Waals surface area contributed by atoms with E-state index in [0.717, 1.165) is 36.0 Å². The van der Waals surface area contributed by atoms with Crippen LogP contribution in [0.25, 0.3) is 0 Å². The van der Waals surface area contributed by atoms with Crippen molar-refractivity contribution in [3.05, 3.63) is 28.2 Å². The Balaban J connectivity index is 2.07. The van der Waals surface area contributed by atoms with E-state index in [4.69, 9.17) is 0 Å². The molecular weight excluding hydrogens is 328 g/mol. The summed E-state index contributed by atoms with van der Waals surface area (Å²) < 4.78 is 28.1. The second kappa shape index (κ2) is 6.35. The third kappa shape index (κ3) is 4.02. The monoisotopic (exact) mass is 346 g/mol. The van der Waals surface area contributed by atoms with E-state index in [1.165, 1.54) is 0 Å². The van der Waals surface area contributed by atoms with Crippen LogP contribution in [0, 0.1) is 12.8 Å². The smallest absolute Gasteiger partial charge is 0.240 e. The summed E-state index contributed by atoms with van der Waals surface area (Å²) >= 11 is 3.31. The number of hydrogen-bond acceptors (Lipinski definition) is 3. The van der Waals surface area contributed by atoms with Crippen molar-refractivity contribution in [2.45, 2.75) is 24.7 Å². The molecule has 1 atom stereocenters. The van der Waals surface area contributed by atoms with E-state index in [1.54, 1.807) is 12.1 Å². The molecule has 19 heavy (non-hydrogen) atoms. The molecule has 0 bridgehead atoms. The summed E-state index contributed by atoms with van der Waals surface area (Å²) in [6, 6.07) is 5.30. The first-order chi connectivity index (χ1) is 8.99. The molecule has 1 aliphatic rings. The predicted molar refractivity (Wildman–Crippen MR) is 79.7 cm³/mol. The maximum absolute atomic E-state index is 12.3. The van der Waals surface area contributed by atoms with Gasteiger partial charge in [0.05, 0.1) is 4.90 Å². The molecule has 1 aromatic rings. The molecule has 1 heterocycles.